The Hall–Kier alpha value is -3.78. The Labute approximate surface area is 197 Å². The molecule has 1 fully saturated rings. The van der Waals surface area contributed by atoms with E-state index in [-0.39, 0.29) is 11.7 Å². The first-order valence-corrected chi connectivity index (χ1v) is 11.7. The number of likely N-dealkylation sites (N-methyl/N-ethyl adjacent to an activating group) is 1. The lowest BCUT2D eigenvalue weighted by atomic mass is 10.0. The standard InChI is InChI=1S/C26H27N7O/c1-4-32-10-9-20(16-32)33-25-21-11-17(5-8-23(21)28-14-24(25)31(3)26(33)34)18-6-7-22(27-12-18)19-13-29-30(2)15-19/h5-8,11-15,20H,4,9-10,16H2,1-3H3. The predicted molar refractivity (Wildman–Crippen MR) is 134 cm³/mol. The zero-order valence-electron chi connectivity index (χ0n) is 19.6. The van der Waals surface area contributed by atoms with Crippen LogP contribution in [0.2, 0.25) is 0 Å². The average molecular weight is 454 g/mol. The number of likely N-dealkylation sites (tertiary alicyclic amines) is 1. The molecular formula is C26H27N7O. The summed E-state index contributed by atoms with van der Waals surface area (Å²) >= 11 is 0. The van der Waals surface area contributed by atoms with Gasteiger partial charge in [-0.2, -0.15) is 5.10 Å². The molecule has 0 spiro atoms. The van der Waals surface area contributed by atoms with Crippen LogP contribution in [-0.4, -0.2) is 53.4 Å². The van der Waals surface area contributed by atoms with Crippen molar-refractivity contribution in [1.29, 1.82) is 0 Å². The van der Waals surface area contributed by atoms with Gasteiger partial charge in [0.05, 0.1) is 40.7 Å². The monoisotopic (exact) mass is 453 g/mol. The van der Waals surface area contributed by atoms with E-state index in [0.29, 0.717) is 0 Å². The molecule has 5 heterocycles. The highest BCUT2D eigenvalue weighted by Crippen LogP contribution is 2.32. The van der Waals surface area contributed by atoms with Crippen molar-refractivity contribution in [3.63, 3.8) is 0 Å². The van der Waals surface area contributed by atoms with Crippen molar-refractivity contribution >= 4 is 21.9 Å². The van der Waals surface area contributed by atoms with Crippen LogP contribution in [0.5, 0.6) is 0 Å². The lowest BCUT2D eigenvalue weighted by Crippen LogP contribution is -2.28. The van der Waals surface area contributed by atoms with E-state index >= 15 is 0 Å². The number of rotatable bonds is 4. The molecule has 0 aliphatic carbocycles. The van der Waals surface area contributed by atoms with E-state index in [2.05, 4.69) is 45.1 Å². The smallest absolute Gasteiger partial charge is 0.301 e. The molecule has 0 saturated carbocycles. The van der Waals surface area contributed by atoms with Crippen molar-refractivity contribution < 1.29 is 0 Å². The Balaban J connectivity index is 1.49. The Kier molecular flexibility index (Phi) is 4.84. The van der Waals surface area contributed by atoms with Crippen LogP contribution < -0.4 is 5.69 Å². The van der Waals surface area contributed by atoms with Crippen LogP contribution in [0.25, 0.3) is 44.3 Å². The Morgan fingerprint density at radius 2 is 1.85 bits per heavy atom. The molecule has 5 aromatic rings. The summed E-state index contributed by atoms with van der Waals surface area (Å²) in [6.07, 6.45) is 8.48. The Bertz CT molecular complexity index is 1580. The lowest BCUT2D eigenvalue weighted by Gasteiger charge is -2.15. The van der Waals surface area contributed by atoms with Gasteiger partial charge in [-0.15, -0.1) is 0 Å². The van der Waals surface area contributed by atoms with E-state index in [0.717, 1.165) is 70.4 Å². The summed E-state index contributed by atoms with van der Waals surface area (Å²) in [5.41, 5.74) is 6.72. The van der Waals surface area contributed by atoms with Crippen LogP contribution in [0.1, 0.15) is 19.4 Å². The average Bonchev–Trinajstić information content (AvgIpc) is 3.58. The van der Waals surface area contributed by atoms with Gasteiger partial charge in [-0.3, -0.25) is 23.8 Å². The summed E-state index contributed by atoms with van der Waals surface area (Å²) in [7, 11) is 3.74. The van der Waals surface area contributed by atoms with E-state index < -0.39 is 0 Å². The van der Waals surface area contributed by atoms with Gasteiger partial charge in [0, 0.05) is 56.1 Å². The van der Waals surface area contributed by atoms with Gasteiger partial charge in [-0.1, -0.05) is 19.1 Å². The highest BCUT2D eigenvalue weighted by atomic mass is 16.1. The van der Waals surface area contributed by atoms with E-state index in [1.165, 1.54) is 0 Å². The predicted octanol–water partition coefficient (Wildman–Crippen LogP) is 3.62. The van der Waals surface area contributed by atoms with E-state index in [4.69, 9.17) is 0 Å². The minimum atomic E-state index is 0.0279. The number of hydrogen-bond acceptors (Lipinski definition) is 5. The van der Waals surface area contributed by atoms with Crippen molar-refractivity contribution in [1.82, 2.24) is 33.8 Å². The number of aryl methyl sites for hydroxylation is 2. The maximum absolute atomic E-state index is 13.3. The summed E-state index contributed by atoms with van der Waals surface area (Å²) in [4.78, 5) is 25.0. The number of hydrogen-bond donors (Lipinski definition) is 0. The Morgan fingerprint density at radius 1 is 1.00 bits per heavy atom. The van der Waals surface area contributed by atoms with Gasteiger partial charge in [0.1, 0.15) is 0 Å². The Morgan fingerprint density at radius 3 is 2.56 bits per heavy atom. The van der Waals surface area contributed by atoms with Crippen molar-refractivity contribution in [3.8, 4) is 22.4 Å². The van der Waals surface area contributed by atoms with Gasteiger partial charge in [-0.25, -0.2) is 4.79 Å². The quantitative estimate of drug-likeness (QED) is 0.416. The molecule has 4 aromatic heterocycles. The van der Waals surface area contributed by atoms with Crippen LogP contribution in [0, 0.1) is 0 Å². The first-order chi connectivity index (χ1) is 16.5. The highest BCUT2D eigenvalue weighted by Gasteiger charge is 2.27. The summed E-state index contributed by atoms with van der Waals surface area (Å²) in [5.74, 6) is 0. The molecule has 1 unspecified atom stereocenters. The molecule has 1 aliphatic heterocycles. The topological polar surface area (TPSA) is 73.8 Å². The number of aromatic nitrogens is 6. The third kappa shape index (κ3) is 3.25. The maximum Gasteiger partial charge on any atom is 0.329 e. The maximum atomic E-state index is 13.3. The van der Waals surface area contributed by atoms with Crippen LogP contribution >= 0.6 is 0 Å². The van der Waals surface area contributed by atoms with Crippen LogP contribution in [0.3, 0.4) is 0 Å². The molecule has 1 atom stereocenters. The van der Waals surface area contributed by atoms with Gasteiger partial charge < -0.3 is 4.90 Å². The number of imidazole rings is 1. The number of pyridine rings is 2. The fourth-order valence-corrected chi connectivity index (χ4v) is 5.14. The summed E-state index contributed by atoms with van der Waals surface area (Å²) < 4.78 is 5.51. The van der Waals surface area contributed by atoms with Gasteiger partial charge in [-0.05, 0) is 36.7 Å². The number of benzene rings is 1. The zero-order chi connectivity index (χ0) is 23.4. The molecule has 0 N–H and O–H groups in total. The summed E-state index contributed by atoms with van der Waals surface area (Å²) in [5, 5.41) is 5.23. The number of fused-ring (bicyclic) bond motifs is 3. The molecule has 1 saturated heterocycles. The molecule has 34 heavy (non-hydrogen) atoms. The second-order valence-corrected chi connectivity index (χ2v) is 9.11. The first-order valence-electron chi connectivity index (χ1n) is 11.7. The van der Waals surface area contributed by atoms with Crippen LogP contribution in [0.4, 0.5) is 0 Å². The lowest BCUT2D eigenvalue weighted by molar-refractivity contribution is 0.341. The highest BCUT2D eigenvalue weighted by molar-refractivity contribution is 6.04. The van der Waals surface area contributed by atoms with Crippen molar-refractivity contribution in [2.45, 2.75) is 19.4 Å². The molecule has 8 heteroatoms. The van der Waals surface area contributed by atoms with Crippen LogP contribution in [-0.2, 0) is 14.1 Å². The molecule has 1 aromatic carbocycles. The van der Waals surface area contributed by atoms with Gasteiger partial charge in [0.15, 0.2) is 0 Å². The normalized spacial score (nSPS) is 16.7. The molecule has 0 radical (unpaired) electrons. The molecule has 8 nitrogen and oxygen atoms in total. The molecule has 1 aliphatic rings. The summed E-state index contributed by atoms with van der Waals surface area (Å²) in [6.45, 7) is 5.10. The third-order valence-corrected chi connectivity index (χ3v) is 7.07. The van der Waals surface area contributed by atoms with E-state index in [9.17, 15) is 4.79 Å². The summed E-state index contributed by atoms with van der Waals surface area (Å²) in [6, 6.07) is 10.5. The molecule has 172 valence electrons. The molecule has 6 rings (SSSR count). The first kappa shape index (κ1) is 20.8. The van der Waals surface area contributed by atoms with Gasteiger partial charge >= 0.3 is 5.69 Å². The molecular weight excluding hydrogens is 426 g/mol. The van der Waals surface area contributed by atoms with Crippen molar-refractivity contribution in [2.24, 2.45) is 14.1 Å². The third-order valence-electron chi connectivity index (χ3n) is 7.07. The zero-order valence-corrected chi connectivity index (χ0v) is 19.6. The van der Waals surface area contributed by atoms with E-state index in [1.54, 1.807) is 9.25 Å². The fourth-order valence-electron chi connectivity index (χ4n) is 5.14. The SMILES string of the molecule is CCN1CCC(n2c(=O)n(C)c3cnc4ccc(-c5ccc(-c6cnn(C)c6)nc5)cc4c32)C1. The molecule has 0 amide bonds. The van der Waals surface area contributed by atoms with Gasteiger partial charge in [0.25, 0.3) is 0 Å². The minimum Gasteiger partial charge on any atom is -0.301 e. The fraction of sp³-hybridized carbons (Fsp3) is 0.308. The van der Waals surface area contributed by atoms with Gasteiger partial charge in [0.2, 0.25) is 0 Å². The second kappa shape index (κ2) is 7.92. The molecule has 0 bridgehead atoms. The van der Waals surface area contributed by atoms with E-state index in [1.807, 2.05) is 55.6 Å². The van der Waals surface area contributed by atoms with Crippen molar-refractivity contribution in [2.75, 3.05) is 19.6 Å². The largest absolute Gasteiger partial charge is 0.329 e. The van der Waals surface area contributed by atoms with Crippen molar-refractivity contribution in [3.05, 3.63) is 65.6 Å². The number of nitrogens with zero attached hydrogens (tertiary/aromatic N) is 7. The second-order valence-electron chi connectivity index (χ2n) is 9.11. The van der Waals surface area contributed by atoms with Crippen LogP contribution in [0.15, 0.2) is 59.9 Å². The minimum absolute atomic E-state index is 0.0279.